The van der Waals surface area contributed by atoms with Crippen molar-refractivity contribution >= 4 is 55.8 Å². The zero-order chi connectivity index (χ0) is 23.4. The molecule has 0 atom stereocenters. The second-order valence-corrected chi connectivity index (χ2v) is 9.15. The zero-order valence-electron chi connectivity index (χ0n) is 16.7. The molecule has 0 saturated heterocycles. The van der Waals surface area contributed by atoms with Crippen molar-refractivity contribution in [2.24, 2.45) is 0 Å². The third kappa shape index (κ3) is 5.00. The van der Waals surface area contributed by atoms with Crippen LogP contribution in [0.5, 0.6) is 0 Å². The standard InChI is InChI=1S/C21H14N6O4S2/c22-13-32-16-10-8-14(9-11-16)23-20-21(25-19-7-2-1-6-18(19)24-20)26-33(30,31)17-5-3-4-15(12-17)27(28)29/h1-12H,(H,23,24)(H,25,26). The monoisotopic (exact) mass is 478 g/mol. The minimum Gasteiger partial charge on any atom is -0.337 e. The molecule has 1 heterocycles. The van der Waals surface area contributed by atoms with Gasteiger partial charge in [-0.2, -0.15) is 5.26 Å². The van der Waals surface area contributed by atoms with Gasteiger partial charge in [0.15, 0.2) is 11.6 Å². The zero-order valence-corrected chi connectivity index (χ0v) is 18.3. The fourth-order valence-corrected chi connectivity index (χ4v) is 4.33. The van der Waals surface area contributed by atoms with Gasteiger partial charge in [0, 0.05) is 22.7 Å². The van der Waals surface area contributed by atoms with Gasteiger partial charge in [0.2, 0.25) is 0 Å². The van der Waals surface area contributed by atoms with Crippen molar-refractivity contribution < 1.29 is 13.3 Å². The van der Waals surface area contributed by atoms with Crippen LogP contribution < -0.4 is 10.0 Å². The molecule has 0 fully saturated rings. The Balaban J connectivity index is 1.73. The number of nitro groups is 1. The maximum absolute atomic E-state index is 13.0. The van der Waals surface area contributed by atoms with Crippen LogP contribution in [0.4, 0.5) is 23.0 Å². The van der Waals surface area contributed by atoms with Gasteiger partial charge < -0.3 is 5.32 Å². The first-order valence-electron chi connectivity index (χ1n) is 9.33. The number of thiocyanates is 1. The second-order valence-electron chi connectivity index (χ2n) is 6.61. The van der Waals surface area contributed by atoms with Crippen LogP contribution in [0, 0.1) is 20.8 Å². The molecular formula is C21H14N6O4S2. The van der Waals surface area contributed by atoms with Gasteiger partial charge in [-0.25, -0.2) is 18.4 Å². The fraction of sp³-hybridized carbons (Fsp3) is 0. The van der Waals surface area contributed by atoms with Crippen LogP contribution in [0.15, 0.2) is 82.6 Å². The van der Waals surface area contributed by atoms with Crippen LogP contribution in [0.1, 0.15) is 0 Å². The van der Waals surface area contributed by atoms with E-state index in [4.69, 9.17) is 5.26 Å². The summed E-state index contributed by atoms with van der Waals surface area (Å²) in [5.74, 6) is 0.0686. The van der Waals surface area contributed by atoms with Gasteiger partial charge in [0.25, 0.3) is 15.7 Å². The van der Waals surface area contributed by atoms with Crippen LogP contribution in [0.25, 0.3) is 11.0 Å². The Labute approximate surface area is 192 Å². The highest BCUT2D eigenvalue weighted by atomic mass is 32.2. The van der Waals surface area contributed by atoms with Crippen molar-refractivity contribution in [1.29, 1.82) is 5.26 Å². The van der Waals surface area contributed by atoms with Crippen molar-refractivity contribution in [3.63, 3.8) is 0 Å². The minimum atomic E-state index is -4.20. The third-order valence-corrected chi connectivity index (χ3v) is 6.36. The third-order valence-electron chi connectivity index (χ3n) is 4.42. The normalized spacial score (nSPS) is 11.0. The predicted molar refractivity (Wildman–Crippen MR) is 125 cm³/mol. The van der Waals surface area contributed by atoms with Crippen LogP contribution in [0.3, 0.4) is 0 Å². The van der Waals surface area contributed by atoms with Crippen molar-refractivity contribution in [3.05, 3.63) is 82.9 Å². The molecule has 1 aromatic heterocycles. The van der Waals surface area contributed by atoms with Gasteiger partial charge in [-0.15, -0.1) is 0 Å². The molecule has 0 aliphatic carbocycles. The Morgan fingerprint density at radius 3 is 2.24 bits per heavy atom. The number of rotatable bonds is 7. The number of hydrogen-bond donors (Lipinski definition) is 2. The molecule has 4 aromatic rings. The minimum absolute atomic E-state index is 0.0734. The number of sulfonamides is 1. The summed E-state index contributed by atoms with van der Waals surface area (Å²) in [6.07, 6.45) is 0. The molecule has 0 spiro atoms. The van der Waals surface area contributed by atoms with Crippen molar-refractivity contribution in [2.75, 3.05) is 10.0 Å². The Morgan fingerprint density at radius 1 is 0.939 bits per heavy atom. The molecule has 3 aromatic carbocycles. The van der Waals surface area contributed by atoms with Crippen molar-refractivity contribution in [2.45, 2.75) is 9.79 Å². The summed E-state index contributed by atoms with van der Waals surface area (Å²) in [7, 11) is -4.20. The maximum atomic E-state index is 13.0. The molecule has 2 N–H and O–H groups in total. The van der Waals surface area contributed by atoms with Gasteiger partial charge in [-0.3, -0.25) is 14.8 Å². The van der Waals surface area contributed by atoms with E-state index in [0.29, 0.717) is 16.7 Å². The van der Waals surface area contributed by atoms with E-state index in [1.54, 1.807) is 48.5 Å². The summed E-state index contributed by atoms with van der Waals surface area (Å²) in [5, 5.41) is 24.9. The lowest BCUT2D eigenvalue weighted by Crippen LogP contribution is -2.16. The van der Waals surface area contributed by atoms with E-state index in [9.17, 15) is 18.5 Å². The number of non-ortho nitro benzene ring substituents is 1. The van der Waals surface area contributed by atoms with E-state index in [1.807, 2.05) is 5.40 Å². The molecule has 33 heavy (non-hydrogen) atoms. The number of hydrogen-bond acceptors (Lipinski definition) is 9. The van der Waals surface area contributed by atoms with Crippen molar-refractivity contribution in [1.82, 2.24) is 9.97 Å². The molecule has 0 aliphatic rings. The summed E-state index contributed by atoms with van der Waals surface area (Å²) >= 11 is 1.01. The highest BCUT2D eigenvalue weighted by molar-refractivity contribution is 8.03. The lowest BCUT2D eigenvalue weighted by Gasteiger charge is -2.14. The van der Waals surface area contributed by atoms with E-state index < -0.39 is 14.9 Å². The average molecular weight is 479 g/mol. The fourth-order valence-electron chi connectivity index (χ4n) is 2.90. The Kier molecular flexibility index (Phi) is 6.07. The average Bonchev–Trinajstić information content (AvgIpc) is 2.81. The first kappa shape index (κ1) is 22.0. The van der Waals surface area contributed by atoms with E-state index >= 15 is 0 Å². The highest BCUT2D eigenvalue weighted by Crippen LogP contribution is 2.28. The van der Waals surface area contributed by atoms with E-state index in [0.717, 1.165) is 22.7 Å². The number of para-hydroxylation sites is 2. The number of nitrogens with one attached hydrogen (secondary N) is 2. The Bertz CT molecular complexity index is 1500. The summed E-state index contributed by atoms with van der Waals surface area (Å²) in [6.45, 7) is 0. The second kappa shape index (κ2) is 9.11. The number of aromatic nitrogens is 2. The predicted octanol–water partition coefficient (Wildman–Crippen LogP) is 4.66. The molecule has 164 valence electrons. The molecule has 4 rings (SSSR count). The molecule has 12 heteroatoms. The van der Waals surface area contributed by atoms with E-state index in [1.165, 1.54) is 18.2 Å². The van der Waals surface area contributed by atoms with Gasteiger partial charge in [0.1, 0.15) is 5.40 Å². The topological polar surface area (TPSA) is 151 Å². The van der Waals surface area contributed by atoms with Crippen LogP contribution in [0.2, 0.25) is 0 Å². The molecule has 0 amide bonds. The molecule has 0 saturated carbocycles. The number of thioether (sulfide) groups is 1. The lowest BCUT2D eigenvalue weighted by molar-refractivity contribution is -0.385. The number of benzene rings is 3. The molecule has 0 unspecified atom stereocenters. The summed E-state index contributed by atoms with van der Waals surface area (Å²) in [4.78, 5) is 19.7. The van der Waals surface area contributed by atoms with Gasteiger partial charge in [0.05, 0.1) is 20.9 Å². The summed E-state index contributed by atoms with van der Waals surface area (Å²) in [5.41, 5.74) is 1.24. The highest BCUT2D eigenvalue weighted by Gasteiger charge is 2.21. The molecular weight excluding hydrogens is 464 g/mol. The van der Waals surface area contributed by atoms with Gasteiger partial charge in [-0.05, 0) is 54.2 Å². The van der Waals surface area contributed by atoms with Crippen LogP contribution in [-0.4, -0.2) is 23.3 Å². The van der Waals surface area contributed by atoms with E-state index in [2.05, 4.69) is 20.0 Å². The SMILES string of the molecule is N#CSc1ccc(Nc2nc3ccccc3nc2NS(=O)(=O)c2cccc([N+](=O)[O-])c2)cc1. The van der Waals surface area contributed by atoms with Crippen LogP contribution >= 0.6 is 11.8 Å². The Hall–Kier alpha value is -4.21. The van der Waals surface area contributed by atoms with Crippen LogP contribution in [-0.2, 0) is 10.0 Å². The quantitative estimate of drug-likeness (QED) is 0.167. The number of nitro benzene ring substituents is 1. The number of nitriles is 1. The maximum Gasteiger partial charge on any atom is 0.270 e. The largest absolute Gasteiger partial charge is 0.337 e. The van der Waals surface area contributed by atoms with E-state index in [-0.39, 0.29) is 22.2 Å². The first-order valence-corrected chi connectivity index (χ1v) is 11.6. The Morgan fingerprint density at radius 2 is 1.61 bits per heavy atom. The van der Waals surface area contributed by atoms with Gasteiger partial charge in [-0.1, -0.05) is 18.2 Å². The smallest absolute Gasteiger partial charge is 0.270 e. The van der Waals surface area contributed by atoms with Crippen molar-refractivity contribution in [3.8, 4) is 5.40 Å². The van der Waals surface area contributed by atoms with Gasteiger partial charge >= 0.3 is 0 Å². The molecule has 0 radical (unpaired) electrons. The molecule has 10 nitrogen and oxygen atoms in total. The lowest BCUT2D eigenvalue weighted by atomic mass is 10.3. The first-order chi connectivity index (χ1) is 15.9. The molecule has 0 aliphatic heterocycles. The number of fused-ring (bicyclic) bond motifs is 1. The summed E-state index contributed by atoms with van der Waals surface area (Å²) < 4.78 is 28.3. The number of anilines is 3. The molecule has 0 bridgehead atoms. The summed E-state index contributed by atoms with van der Waals surface area (Å²) in [6, 6.07) is 18.6. The number of nitrogens with zero attached hydrogens (tertiary/aromatic N) is 4.